The SMILES string of the molecule is COc1ccc(/C=N/NC(=O)CCC(=O)Nc2ccc(C)cc2C)cc1. The average molecular weight is 353 g/mol. The predicted octanol–water partition coefficient (Wildman–Crippen LogP) is 3.18. The lowest BCUT2D eigenvalue weighted by Crippen LogP contribution is -2.20. The monoisotopic (exact) mass is 353 g/mol. The zero-order chi connectivity index (χ0) is 18.9. The summed E-state index contributed by atoms with van der Waals surface area (Å²) in [4.78, 5) is 23.7. The van der Waals surface area contributed by atoms with Gasteiger partial charge in [-0.15, -0.1) is 0 Å². The number of carbonyl (C=O) groups excluding carboxylic acids is 2. The molecule has 2 rings (SSSR count). The highest BCUT2D eigenvalue weighted by atomic mass is 16.5. The molecular weight excluding hydrogens is 330 g/mol. The third-order valence-electron chi connectivity index (χ3n) is 3.75. The molecule has 0 aliphatic rings. The Morgan fingerprint density at radius 1 is 1.04 bits per heavy atom. The quantitative estimate of drug-likeness (QED) is 0.593. The minimum atomic E-state index is -0.314. The molecule has 0 radical (unpaired) electrons. The summed E-state index contributed by atoms with van der Waals surface area (Å²) in [5.74, 6) is 0.234. The Labute approximate surface area is 153 Å². The van der Waals surface area contributed by atoms with E-state index in [9.17, 15) is 9.59 Å². The Hall–Kier alpha value is -3.15. The average Bonchev–Trinajstić information content (AvgIpc) is 2.63. The molecule has 0 unspecified atom stereocenters. The first-order valence-electron chi connectivity index (χ1n) is 8.31. The van der Waals surface area contributed by atoms with E-state index in [1.54, 1.807) is 19.2 Å². The van der Waals surface area contributed by atoms with Crippen molar-refractivity contribution in [3.63, 3.8) is 0 Å². The summed E-state index contributed by atoms with van der Waals surface area (Å²) in [6, 6.07) is 13.1. The molecule has 136 valence electrons. The van der Waals surface area contributed by atoms with Crippen LogP contribution in [0.25, 0.3) is 0 Å². The van der Waals surface area contributed by atoms with Crippen LogP contribution in [0, 0.1) is 13.8 Å². The smallest absolute Gasteiger partial charge is 0.240 e. The minimum absolute atomic E-state index is 0.0662. The number of nitrogens with zero attached hydrogens (tertiary/aromatic N) is 1. The molecule has 0 aliphatic heterocycles. The molecule has 2 amide bonds. The number of benzene rings is 2. The van der Waals surface area contributed by atoms with Gasteiger partial charge in [0.05, 0.1) is 13.3 Å². The number of hydrogen-bond acceptors (Lipinski definition) is 4. The van der Waals surface area contributed by atoms with Crippen LogP contribution in [0.15, 0.2) is 47.6 Å². The summed E-state index contributed by atoms with van der Waals surface area (Å²) >= 11 is 0. The van der Waals surface area contributed by atoms with Crippen molar-refractivity contribution in [2.75, 3.05) is 12.4 Å². The Bertz CT molecular complexity index is 798. The van der Waals surface area contributed by atoms with E-state index in [0.717, 1.165) is 28.1 Å². The lowest BCUT2D eigenvalue weighted by Gasteiger charge is -2.08. The Morgan fingerprint density at radius 3 is 2.38 bits per heavy atom. The van der Waals surface area contributed by atoms with Gasteiger partial charge in [0.25, 0.3) is 0 Å². The number of amides is 2. The maximum Gasteiger partial charge on any atom is 0.240 e. The van der Waals surface area contributed by atoms with Gasteiger partial charge >= 0.3 is 0 Å². The first kappa shape index (κ1) is 19.2. The highest BCUT2D eigenvalue weighted by molar-refractivity contribution is 5.94. The van der Waals surface area contributed by atoms with E-state index in [-0.39, 0.29) is 24.7 Å². The molecule has 26 heavy (non-hydrogen) atoms. The second-order valence-electron chi connectivity index (χ2n) is 5.93. The van der Waals surface area contributed by atoms with Crippen molar-refractivity contribution in [1.29, 1.82) is 0 Å². The van der Waals surface area contributed by atoms with Crippen LogP contribution in [0.1, 0.15) is 29.5 Å². The van der Waals surface area contributed by atoms with E-state index in [1.165, 1.54) is 6.21 Å². The van der Waals surface area contributed by atoms with E-state index in [0.29, 0.717) is 0 Å². The topological polar surface area (TPSA) is 79.8 Å². The van der Waals surface area contributed by atoms with Crippen molar-refractivity contribution >= 4 is 23.7 Å². The van der Waals surface area contributed by atoms with E-state index in [4.69, 9.17) is 4.74 Å². The maximum absolute atomic E-state index is 12.0. The van der Waals surface area contributed by atoms with Gasteiger partial charge in [-0.25, -0.2) is 5.43 Å². The van der Waals surface area contributed by atoms with Crippen molar-refractivity contribution in [2.45, 2.75) is 26.7 Å². The van der Waals surface area contributed by atoms with Crippen LogP contribution in [0.3, 0.4) is 0 Å². The second-order valence-corrected chi connectivity index (χ2v) is 5.93. The molecule has 0 fully saturated rings. The third kappa shape index (κ3) is 6.05. The fourth-order valence-electron chi connectivity index (χ4n) is 2.32. The number of hydrogen-bond donors (Lipinski definition) is 2. The molecule has 2 N–H and O–H groups in total. The zero-order valence-corrected chi connectivity index (χ0v) is 15.2. The second kappa shape index (κ2) is 9.36. The van der Waals surface area contributed by atoms with Crippen LogP contribution in [-0.4, -0.2) is 25.1 Å². The Balaban J connectivity index is 1.75. The van der Waals surface area contributed by atoms with Crippen LogP contribution >= 0.6 is 0 Å². The number of nitrogens with one attached hydrogen (secondary N) is 2. The van der Waals surface area contributed by atoms with Crippen LogP contribution in [0.2, 0.25) is 0 Å². The molecule has 0 saturated heterocycles. The first-order valence-corrected chi connectivity index (χ1v) is 8.31. The molecule has 0 atom stereocenters. The summed E-state index contributed by atoms with van der Waals surface area (Å²) in [5, 5.41) is 6.70. The predicted molar refractivity (Wildman–Crippen MR) is 103 cm³/mol. The van der Waals surface area contributed by atoms with Crippen molar-refractivity contribution in [1.82, 2.24) is 5.43 Å². The summed E-state index contributed by atoms with van der Waals surface area (Å²) in [6.07, 6.45) is 1.70. The maximum atomic E-state index is 12.0. The van der Waals surface area contributed by atoms with Crippen LogP contribution in [-0.2, 0) is 9.59 Å². The van der Waals surface area contributed by atoms with Crippen molar-refractivity contribution in [3.05, 3.63) is 59.2 Å². The molecular formula is C20H23N3O3. The van der Waals surface area contributed by atoms with Crippen molar-refractivity contribution in [2.24, 2.45) is 5.10 Å². The molecule has 0 heterocycles. The molecule has 0 aromatic heterocycles. The van der Waals surface area contributed by atoms with E-state index in [1.807, 2.05) is 44.2 Å². The highest BCUT2D eigenvalue weighted by Gasteiger charge is 2.08. The molecule has 2 aromatic rings. The summed E-state index contributed by atoms with van der Waals surface area (Å²) < 4.78 is 5.07. The van der Waals surface area contributed by atoms with Gasteiger partial charge in [-0.3, -0.25) is 9.59 Å². The number of hydrazone groups is 1. The number of anilines is 1. The van der Waals surface area contributed by atoms with Crippen molar-refractivity contribution in [3.8, 4) is 5.75 Å². The van der Waals surface area contributed by atoms with E-state index >= 15 is 0 Å². The molecule has 0 saturated carbocycles. The fourth-order valence-corrected chi connectivity index (χ4v) is 2.32. The fraction of sp³-hybridized carbons (Fsp3) is 0.250. The van der Waals surface area contributed by atoms with Gasteiger partial charge < -0.3 is 10.1 Å². The Morgan fingerprint density at radius 2 is 1.73 bits per heavy atom. The first-order chi connectivity index (χ1) is 12.5. The lowest BCUT2D eigenvalue weighted by molar-refractivity contribution is -0.124. The van der Waals surface area contributed by atoms with E-state index in [2.05, 4.69) is 15.8 Å². The van der Waals surface area contributed by atoms with Gasteiger partial charge in [0.2, 0.25) is 11.8 Å². The number of ether oxygens (including phenoxy) is 1. The molecule has 2 aromatic carbocycles. The number of rotatable bonds is 7. The number of aryl methyl sites for hydroxylation is 2. The van der Waals surface area contributed by atoms with Crippen molar-refractivity contribution < 1.29 is 14.3 Å². The highest BCUT2D eigenvalue weighted by Crippen LogP contribution is 2.16. The van der Waals surface area contributed by atoms with Gasteiger partial charge in [-0.05, 0) is 55.3 Å². The summed E-state index contributed by atoms with van der Waals surface area (Å²) in [7, 11) is 1.60. The van der Waals surface area contributed by atoms with E-state index < -0.39 is 0 Å². The number of methoxy groups -OCH3 is 1. The Kier molecular flexibility index (Phi) is 6.91. The molecule has 6 nitrogen and oxygen atoms in total. The van der Waals surface area contributed by atoms with Gasteiger partial charge in [0.15, 0.2) is 0 Å². The zero-order valence-electron chi connectivity index (χ0n) is 15.2. The lowest BCUT2D eigenvalue weighted by atomic mass is 10.1. The summed E-state index contributed by atoms with van der Waals surface area (Å²) in [5.41, 5.74) is 6.14. The molecule has 0 aliphatic carbocycles. The summed E-state index contributed by atoms with van der Waals surface area (Å²) in [6.45, 7) is 3.93. The van der Waals surface area contributed by atoms with Crippen LogP contribution in [0.5, 0.6) is 5.75 Å². The van der Waals surface area contributed by atoms with Gasteiger partial charge in [0, 0.05) is 18.5 Å². The number of carbonyl (C=O) groups is 2. The third-order valence-corrected chi connectivity index (χ3v) is 3.75. The standard InChI is InChI=1S/C20H23N3O3/c1-14-4-9-18(15(2)12-14)22-19(24)10-11-20(25)23-21-13-16-5-7-17(26-3)8-6-16/h4-9,12-13H,10-11H2,1-3H3,(H,22,24)(H,23,25)/b21-13+. The van der Waals surface area contributed by atoms with Gasteiger partial charge in [0.1, 0.15) is 5.75 Å². The van der Waals surface area contributed by atoms with Crippen LogP contribution < -0.4 is 15.5 Å². The van der Waals surface area contributed by atoms with Gasteiger partial charge in [-0.1, -0.05) is 17.7 Å². The molecule has 0 bridgehead atoms. The minimum Gasteiger partial charge on any atom is -0.497 e. The van der Waals surface area contributed by atoms with Crippen LogP contribution in [0.4, 0.5) is 5.69 Å². The normalized spacial score (nSPS) is 10.6. The van der Waals surface area contributed by atoms with Gasteiger partial charge in [-0.2, -0.15) is 5.10 Å². The largest absolute Gasteiger partial charge is 0.497 e. The molecule has 6 heteroatoms. The molecule has 0 spiro atoms.